The fraction of sp³-hybridized carbons (Fsp3) is 0.333. The maximum absolute atomic E-state index is 11.7. The van der Waals surface area contributed by atoms with E-state index in [0.29, 0.717) is 6.54 Å². The minimum Gasteiger partial charge on any atom is -0.550 e. The summed E-state index contributed by atoms with van der Waals surface area (Å²) in [5.41, 5.74) is 2.22. The zero-order valence-electron chi connectivity index (χ0n) is 11.0. The third-order valence-electron chi connectivity index (χ3n) is 3.87. The molecule has 0 saturated carbocycles. The number of para-hydroxylation sites is 1. The number of likely N-dealkylation sites (tertiary alicyclic amines) is 1. The number of fused-ring (bicyclic) bond motifs is 1. The van der Waals surface area contributed by atoms with Crippen molar-refractivity contribution < 1.29 is 14.7 Å². The number of hydrogen-bond donors (Lipinski definition) is 1. The van der Waals surface area contributed by atoms with E-state index in [0.717, 1.165) is 22.9 Å². The van der Waals surface area contributed by atoms with Gasteiger partial charge in [0.2, 0.25) is 5.91 Å². The number of carbonyl (C=O) groups is 2. The van der Waals surface area contributed by atoms with Crippen LogP contribution in [0.15, 0.2) is 30.5 Å². The quantitative estimate of drug-likeness (QED) is 0.869. The summed E-state index contributed by atoms with van der Waals surface area (Å²) in [5, 5.41) is 12.0. The Labute approximate surface area is 116 Å². The van der Waals surface area contributed by atoms with Crippen molar-refractivity contribution in [2.75, 3.05) is 13.1 Å². The molecule has 3 rings (SSSR count). The summed E-state index contributed by atoms with van der Waals surface area (Å²) in [5.74, 6) is -1.89. The maximum Gasteiger partial charge on any atom is 0.223 e. The standard InChI is InChI=1S/C15H16N2O3/c18-14-7-11(15(19)20)9-17(14)6-5-10-8-16-13-4-2-1-3-12(10)13/h1-4,8,11,16H,5-7,9H2,(H,19,20)/p-1/t11-/m0/s1. The summed E-state index contributed by atoms with van der Waals surface area (Å²) >= 11 is 0. The molecule has 1 fully saturated rings. The number of H-pyrrole nitrogens is 1. The molecule has 0 bridgehead atoms. The number of rotatable bonds is 4. The largest absolute Gasteiger partial charge is 0.550 e. The summed E-state index contributed by atoms with van der Waals surface area (Å²) in [7, 11) is 0. The van der Waals surface area contributed by atoms with Crippen LogP contribution in [0.3, 0.4) is 0 Å². The summed E-state index contributed by atoms with van der Waals surface area (Å²) in [6.07, 6.45) is 2.73. The normalized spacial score (nSPS) is 18.9. The number of amides is 1. The lowest BCUT2D eigenvalue weighted by Gasteiger charge is -2.16. The van der Waals surface area contributed by atoms with Crippen LogP contribution in [-0.2, 0) is 16.0 Å². The van der Waals surface area contributed by atoms with E-state index in [-0.39, 0.29) is 18.9 Å². The molecule has 104 valence electrons. The van der Waals surface area contributed by atoms with E-state index in [2.05, 4.69) is 4.98 Å². The predicted molar refractivity (Wildman–Crippen MR) is 71.7 cm³/mol. The number of aromatic amines is 1. The zero-order valence-corrected chi connectivity index (χ0v) is 11.0. The van der Waals surface area contributed by atoms with E-state index in [1.54, 1.807) is 4.90 Å². The van der Waals surface area contributed by atoms with E-state index >= 15 is 0 Å². The van der Waals surface area contributed by atoms with Gasteiger partial charge in [-0.2, -0.15) is 0 Å². The molecule has 1 amide bonds. The van der Waals surface area contributed by atoms with Crippen molar-refractivity contribution in [2.24, 2.45) is 5.92 Å². The van der Waals surface area contributed by atoms with Gasteiger partial charge < -0.3 is 19.8 Å². The molecule has 1 saturated heterocycles. The first kappa shape index (κ1) is 12.7. The number of benzene rings is 1. The van der Waals surface area contributed by atoms with Crippen molar-refractivity contribution >= 4 is 22.8 Å². The summed E-state index contributed by atoms with van der Waals surface area (Å²) in [4.78, 5) is 27.4. The number of nitrogens with zero attached hydrogens (tertiary/aromatic N) is 1. The lowest BCUT2D eigenvalue weighted by Crippen LogP contribution is -2.34. The van der Waals surface area contributed by atoms with Gasteiger partial charge in [-0.15, -0.1) is 0 Å². The first-order valence-corrected chi connectivity index (χ1v) is 6.69. The van der Waals surface area contributed by atoms with E-state index in [1.807, 2.05) is 30.5 Å². The average molecular weight is 271 g/mol. The van der Waals surface area contributed by atoms with Crippen molar-refractivity contribution in [2.45, 2.75) is 12.8 Å². The lowest BCUT2D eigenvalue weighted by molar-refractivity contribution is -0.311. The van der Waals surface area contributed by atoms with Crippen LogP contribution in [-0.4, -0.2) is 34.8 Å². The highest BCUT2D eigenvalue weighted by Gasteiger charge is 2.29. The molecular formula is C15H15N2O3-. The molecule has 20 heavy (non-hydrogen) atoms. The molecule has 1 atom stereocenters. The third kappa shape index (κ3) is 2.27. The van der Waals surface area contributed by atoms with Crippen LogP contribution < -0.4 is 5.11 Å². The molecule has 5 heteroatoms. The molecule has 1 aromatic heterocycles. The van der Waals surface area contributed by atoms with Gasteiger partial charge in [0.1, 0.15) is 0 Å². The Morgan fingerprint density at radius 3 is 2.95 bits per heavy atom. The molecule has 0 spiro atoms. The highest BCUT2D eigenvalue weighted by atomic mass is 16.4. The number of aromatic nitrogens is 1. The molecule has 1 aliphatic heterocycles. The monoisotopic (exact) mass is 271 g/mol. The van der Waals surface area contributed by atoms with E-state index < -0.39 is 11.9 Å². The Hall–Kier alpha value is -2.30. The third-order valence-corrected chi connectivity index (χ3v) is 3.87. The van der Waals surface area contributed by atoms with Crippen molar-refractivity contribution in [3.63, 3.8) is 0 Å². The van der Waals surface area contributed by atoms with Gasteiger partial charge in [-0.3, -0.25) is 4.79 Å². The Balaban J connectivity index is 1.68. The first-order valence-electron chi connectivity index (χ1n) is 6.69. The summed E-state index contributed by atoms with van der Waals surface area (Å²) in [6, 6.07) is 7.99. The van der Waals surface area contributed by atoms with Crippen molar-refractivity contribution in [1.82, 2.24) is 9.88 Å². The molecule has 1 N–H and O–H groups in total. The second-order valence-electron chi connectivity index (χ2n) is 5.17. The first-order chi connectivity index (χ1) is 9.65. The van der Waals surface area contributed by atoms with Crippen molar-refractivity contribution in [1.29, 1.82) is 0 Å². The second-order valence-corrected chi connectivity index (χ2v) is 5.17. The topological polar surface area (TPSA) is 76.2 Å². The number of aliphatic carboxylic acids is 1. The highest BCUT2D eigenvalue weighted by Crippen LogP contribution is 2.21. The van der Waals surface area contributed by atoms with E-state index in [4.69, 9.17) is 0 Å². The zero-order chi connectivity index (χ0) is 14.1. The molecular weight excluding hydrogens is 256 g/mol. The number of carboxylic acid groups (broad SMARTS) is 1. The van der Waals surface area contributed by atoms with Gasteiger partial charge >= 0.3 is 0 Å². The van der Waals surface area contributed by atoms with Gasteiger partial charge in [-0.1, -0.05) is 18.2 Å². The Kier molecular flexibility index (Phi) is 3.18. The minimum atomic E-state index is -1.13. The second kappa shape index (κ2) is 5.00. The number of hydrogen-bond acceptors (Lipinski definition) is 3. The van der Waals surface area contributed by atoms with Crippen LogP contribution in [0.1, 0.15) is 12.0 Å². The van der Waals surface area contributed by atoms with Crippen molar-refractivity contribution in [3.8, 4) is 0 Å². The minimum absolute atomic E-state index is 0.0657. The van der Waals surface area contributed by atoms with Gasteiger partial charge in [0, 0.05) is 48.5 Å². The fourth-order valence-corrected chi connectivity index (χ4v) is 2.74. The molecule has 0 unspecified atom stereocenters. The molecule has 2 aromatic rings. The van der Waals surface area contributed by atoms with Crippen molar-refractivity contribution in [3.05, 3.63) is 36.0 Å². The number of carboxylic acids is 1. The highest BCUT2D eigenvalue weighted by molar-refractivity contribution is 5.86. The number of carbonyl (C=O) groups excluding carboxylic acids is 2. The van der Waals surface area contributed by atoms with Crippen LogP contribution in [0.2, 0.25) is 0 Å². The van der Waals surface area contributed by atoms with Crippen LogP contribution in [0.5, 0.6) is 0 Å². The van der Waals surface area contributed by atoms with Crippen LogP contribution in [0.25, 0.3) is 10.9 Å². The van der Waals surface area contributed by atoms with Crippen LogP contribution in [0, 0.1) is 5.92 Å². The molecule has 0 aliphatic carbocycles. The molecule has 1 aliphatic rings. The van der Waals surface area contributed by atoms with Gasteiger partial charge in [0.25, 0.3) is 0 Å². The Bertz CT molecular complexity index is 662. The SMILES string of the molecule is O=C([O-])[C@H]1CC(=O)N(CCc2c[nH]c3ccccc23)C1. The van der Waals surface area contributed by atoms with E-state index in [9.17, 15) is 14.7 Å². The van der Waals surface area contributed by atoms with Crippen LogP contribution in [0.4, 0.5) is 0 Å². The van der Waals surface area contributed by atoms with Gasteiger partial charge in [-0.25, -0.2) is 0 Å². The summed E-state index contributed by atoms with van der Waals surface area (Å²) in [6.45, 7) is 0.813. The average Bonchev–Trinajstić information content (AvgIpc) is 3.00. The molecule has 1 aromatic carbocycles. The fourth-order valence-electron chi connectivity index (χ4n) is 2.74. The Morgan fingerprint density at radius 1 is 1.40 bits per heavy atom. The van der Waals surface area contributed by atoms with Gasteiger partial charge in [0.15, 0.2) is 0 Å². The summed E-state index contributed by atoms with van der Waals surface area (Å²) < 4.78 is 0. The lowest BCUT2D eigenvalue weighted by atomic mass is 10.1. The van der Waals surface area contributed by atoms with Gasteiger partial charge in [0.05, 0.1) is 0 Å². The molecule has 0 radical (unpaired) electrons. The molecule has 2 heterocycles. The smallest absolute Gasteiger partial charge is 0.223 e. The van der Waals surface area contributed by atoms with Crippen LogP contribution >= 0.6 is 0 Å². The maximum atomic E-state index is 11.7. The predicted octanol–water partition coefficient (Wildman–Crippen LogP) is 0.309. The molecule has 5 nitrogen and oxygen atoms in total. The number of nitrogens with one attached hydrogen (secondary N) is 1. The van der Waals surface area contributed by atoms with Gasteiger partial charge in [-0.05, 0) is 18.1 Å². The van der Waals surface area contributed by atoms with E-state index in [1.165, 1.54) is 0 Å². The Morgan fingerprint density at radius 2 is 2.20 bits per heavy atom.